The quantitative estimate of drug-likeness (QED) is 0.537. The Hall–Kier alpha value is -3.22. The van der Waals surface area contributed by atoms with Gasteiger partial charge in [0.05, 0.1) is 14.2 Å². The molecular weight excluding hydrogens is 356 g/mol. The summed E-state index contributed by atoms with van der Waals surface area (Å²) in [6, 6.07) is 13.1. The van der Waals surface area contributed by atoms with Crippen LogP contribution in [-0.2, 0) is 13.0 Å². The van der Waals surface area contributed by atoms with Crippen LogP contribution < -0.4 is 20.5 Å². The minimum atomic E-state index is -0.426. The van der Waals surface area contributed by atoms with Crippen LogP contribution in [0.5, 0.6) is 11.5 Å². The van der Waals surface area contributed by atoms with Crippen molar-refractivity contribution in [1.82, 2.24) is 10.2 Å². The van der Waals surface area contributed by atoms with E-state index in [9.17, 15) is 4.79 Å². The van der Waals surface area contributed by atoms with E-state index in [1.54, 1.807) is 33.4 Å². The highest BCUT2D eigenvalue weighted by atomic mass is 16.5. The molecule has 0 bridgehead atoms. The summed E-state index contributed by atoms with van der Waals surface area (Å²) >= 11 is 0. The molecule has 0 aliphatic heterocycles. The number of rotatable bonds is 8. The van der Waals surface area contributed by atoms with Gasteiger partial charge in [-0.1, -0.05) is 18.2 Å². The molecule has 3 N–H and O–H groups in total. The van der Waals surface area contributed by atoms with Gasteiger partial charge in [-0.25, -0.2) is 0 Å². The Morgan fingerprint density at radius 2 is 1.71 bits per heavy atom. The highest BCUT2D eigenvalue weighted by molar-refractivity contribution is 5.92. The smallest absolute Gasteiger partial charge is 0.248 e. The summed E-state index contributed by atoms with van der Waals surface area (Å²) in [6.45, 7) is 1.39. The number of aliphatic imine (C=N–C) groups is 1. The van der Waals surface area contributed by atoms with Gasteiger partial charge in [-0.2, -0.15) is 0 Å². The lowest BCUT2D eigenvalue weighted by Crippen LogP contribution is -2.39. The molecule has 1 amide bonds. The Kier molecular flexibility index (Phi) is 7.68. The van der Waals surface area contributed by atoms with Crippen LogP contribution in [0.15, 0.2) is 47.5 Å². The Labute approximate surface area is 166 Å². The lowest BCUT2D eigenvalue weighted by molar-refractivity contribution is 0.100. The molecule has 0 saturated carbocycles. The number of nitrogens with zero attached hydrogens (tertiary/aromatic N) is 2. The van der Waals surface area contributed by atoms with Gasteiger partial charge in [0.25, 0.3) is 0 Å². The minimum absolute atomic E-state index is 0.426. The molecule has 0 atom stereocenters. The van der Waals surface area contributed by atoms with Crippen LogP contribution in [0.4, 0.5) is 0 Å². The molecule has 7 nitrogen and oxygen atoms in total. The van der Waals surface area contributed by atoms with Crippen LogP contribution in [0.25, 0.3) is 0 Å². The zero-order valence-electron chi connectivity index (χ0n) is 16.9. The van der Waals surface area contributed by atoms with Crippen LogP contribution in [0.2, 0.25) is 0 Å². The van der Waals surface area contributed by atoms with E-state index in [-0.39, 0.29) is 0 Å². The number of carbonyl (C=O) groups excluding carboxylic acids is 1. The first kappa shape index (κ1) is 21.1. The number of nitrogens with two attached hydrogens (primary N) is 1. The summed E-state index contributed by atoms with van der Waals surface area (Å²) in [4.78, 5) is 17.5. The van der Waals surface area contributed by atoms with Gasteiger partial charge in [-0.15, -0.1) is 0 Å². The number of carbonyl (C=O) groups is 1. The van der Waals surface area contributed by atoms with Crippen LogP contribution in [0.1, 0.15) is 21.5 Å². The van der Waals surface area contributed by atoms with E-state index < -0.39 is 5.91 Å². The van der Waals surface area contributed by atoms with Crippen molar-refractivity contribution >= 4 is 11.9 Å². The van der Waals surface area contributed by atoms with Crippen LogP contribution >= 0.6 is 0 Å². The standard InChI is InChI=1S/C21H28N4O3/c1-23-21(24-14-16-5-8-17(9-6-16)20(22)26)25(2)12-11-15-7-10-18(27-3)19(13-15)28-4/h5-10,13H,11-12,14H2,1-4H3,(H2,22,26)(H,23,24). The lowest BCUT2D eigenvalue weighted by atomic mass is 10.1. The third-order valence-corrected chi connectivity index (χ3v) is 4.45. The maximum atomic E-state index is 11.1. The van der Waals surface area contributed by atoms with E-state index in [0.717, 1.165) is 41.6 Å². The highest BCUT2D eigenvalue weighted by Crippen LogP contribution is 2.27. The summed E-state index contributed by atoms with van der Waals surface area (Å²) in [5, 5.41) is 3.33. The largest absolute Gasteiger partial charge is 0.493 e. The minimum Gasteiger partial charge on any atom is -0.493 e. The predicted octanol–water partition coefficient (Wildman–Crippen LogP) is 2.05. The second-order valence-corrected chi connectivity index (χ2v) is 6.32. The van der Waals surface area contributed by atoms with Gasteiger partial charge >= 0.3 is 0 Å². The van der Waals surface area contributed by atoms with Crippen molar-refractivity contribution in [3.8, 4) is 11.5 Å². The molecule has 0 aromatic heterocycles. The monoisotopic (exact) mass is 384 g/mol. The summed E-state index contributed by atoms with van der Waals surface area (Å²) in [5.74, 6) is 1.81. The highest BCUT2D eigenvalue weighted by Gasteiger charge is 2.09. The number of primary amides is 1. The van der Waals surface area contributed by atoms with Gasteiger partial charge in [0.1, 0.15) is 0 Å². The Balaban J connectivity index is 1.91. The predicted molar refractivity (Wildman–Crippen MR) is 111 cm³/mol. The number of amides is 1. The molecule has 150 valence electrons. The molecule has 0 aliphatic rings. The second kappa shape index (κ2) is 10.2. The van der Waals surface area contributed by atoms with E-state index in [0.29, 0.717) is 12.1 Å². The fourth-order valence-electron chi connectivity index (χ4n) is 2.79. The van der Waals surface area contributed by atoms with Crippen LogP contribution in [-0.4, -0.2) is 51.6 Å². The normalized spacial score (nSPS) is 11.1. The second-order valence-electron chi connectivity index (χ2n) is 6.32. The van der Waals surface area contributed by atoms with Crippen molar-refractivity contribution in [1.29, 1.82) is 0 Å². The van der Waals surface area contributed by atoms with E-state index in [1.807, 2.05) is 37.4 Å². The Bertz CT molecular complexity index is 819. The topological polar surface area (TPSA) is 89.2 Å². The van der Waals surface area contributed by atoms with Crippen molar-refractivity contribution in [2.24, 2.45) is 10.7 Å². The summed E-state index contributed by atoms with van der Waals surface area (Å²) < 4.78 is 10.6. The van der Waals surface area contributed by atoms with Crippen molar-refractivity contribution in [2.75, 3.05) is 34.9 Å². The van der Waals surface area contributed by atoms with Gasteiger partial charge in [-0.05, 0) is 41.8 Å². The molecule has 7 heteroatoms. The first-order valence-electron chi connectivity index (χ1n) is 9.00. The number of benzene rings is 2. The van der Waals surface area contributed by atoms with Crippen molar-refractivity contribution in [3.05, 3.63) is 59.2 Å². The number of guanidine groups is 1. The van der Waals surface area contributed by atoms with Gasteiger partial charge < -0.3 is 25.4 Å². The first-order valence-corrected chi connectivity index (χ1v) is 9.00. The third kappa shape index (κ3) is 5.64. The lowest BCUT2D eigenvalue weighted by Gasteiger charge is -2.22. The summed E-state index contributed by atoms with van der Waals surface area (Å²) in [5.41, 5.74) is 7.96. The average molecular weight is 384 g/mol. The molecule has 0 unspecified atom stereocenters. The molecule has 0 fully saturated rings. The fourth-order valence-corrected chi connectivity index (χ4v) is 2.79. The molecule has 0 spiro atoms. The van der Waals surface area contributed by atoms with Crippen LogP contribution in [0.3, 0.4) is 0 Å². The molecule has 0 radical (unpaired) electrons. The van der Waals surface area contributed by atoms with E-state index in [2.05, 4.69) is 15.2 Å². The van der Waals surface area contributed by atoms with E-state index in [4.69, 9.17) is 15.2 Å². The van der Waals surface area contributed by atoms with Crippen molar-refractivity contribution in [3.63, 3.8) is 0 Å². The van der Waals surface area contributed by atoms with Gasteiger partial charge in [0, 0.05) is 32.7 Å². The van der Waals surface area contributed by atoms with Gasteiger partial charge in [0.15, 0.2) is 17.5 Å². The van der Waals surface area contributed by atoms with Crippen molar-refractivity contribution in [2.45, 2.75) is 13.0 Å². The molecule has 2 rings (SSSR count). The maximum Gasteiger partial charge on any atom is 0.248 e. The molecule has 0 heterocycles. The number of methoxy groups -OCH3 is 2. The molecule has 2 aromatic rings. The van der Waals surface area contributed by atoms with Gasteiger partial charge in [-0.3, -0.25) is 9.79 Å². The maximum absolute atomic E-state index is 11.1. The van der Waals surface area contributed by atoms with Gasteiger partial charge in [0.2, 0.25) is 5.91 Å². The van der Waals surface area contributed by atoms with Crippen molar-refractivity contribution < 1.29 is 14.3 Å². The third-order valence-electron chi connectivity index (χ3n) is 4.45. The molecule has 0 saturated heterocycles. The number of hydrogen-bond donors (Lipinski definition) is 2. The first-order chi connectivity index (χ1) is 13.5. The number of likely N-dealkylation sites (N-methyl/N-ethyl adjacent to an activating group) is 1. The van der Waals surface area contributed by atoms with E-state index >= 15 is 0 Å². The number of nitrogens with one attached hydrogen (secondary N) is 1. The molecule has 2 aromatic carbocycles. The number of ether oxygens (including phenoxy) is 2. The Morgan fingerprint density at radius 3 is 2.29 bits per heavy atom. The zero-order valence-corrected chi connectivity index (χ0v) is 16.9. The number of hydrogen-bond acceptors (Lipinski definition) is 4. The SMILES string of the molecule is CN=C(NCc1ccc(C(N)=O)cc1)N(C)CCc1ccc(OC)c(OC)c1. The molecule has 0 aliphatic carbocycles. The molecular formula is C21H28N4O3. The Morgan fingerprint density at radius 1 is 1.07 bits per heavy atom. The fraction of sp³-hybridized carbons (Fsp3) is 0.333. The van der Waals surface area contributed by atoms with E-state index in [1.165, 1.54) is 0 Å². The zero-order chi connectivity index (χ0) is 20.5. The summed E-state index contributed by atoms with van der Waals surface area (Å²) in [7, 11) is 7.01. The molecule has 28 heavy (non-hydrogen) atoms. The summed E-state index contributed by atoms with van der Waals surface area (Å²) in [6.07, 6.45) is 0.838. The van der Waals surface area contributed by atoms with Crippen LogP contribution in [0, 0.1) is 0 Å². The average Bonchev–Trinajstić information content (AvgIpc) is 2.72.